The second-order valence-electron chi connectivity index (χ2n) is 7.32. The van der Waals surface area contributed by atoms with E-state index in [2.05, 4.69) is 4.74 Å². The van der Waals surface area contributed by atoms with E-state index in [0.717, 1.165) is 12.1 Å². The standard InChI is InChI=1S/C21H21F3N2O5/c1-12-17(20(29)30-3)9-16(31-12)11-25(2)19(28)13-7-18(27)26(10-13)15-6-4-5-14(8-15)21(22,23)24/h4-6,8-9,13H,7,10-11H2,1-3H3. The summed E-state index contributed by atoms with van der Waals surface area (Å²) in [6, 6.07) is 5.94. The first-order valence-corrected chi connectivity index (χ1v) is 9.41. The molecule has 1 saturated heterocycles. The number of anilines is 1. The molecule has 1 aliphatic rings. The molecular weight excluding hydrogens is 417 g/mol. The number of rotatable bonds is 5. The van der Waals surface area contributed by atoms with E-state index in [0.29, 0.717) is 11.5 Å². The normalized spacial score (nSPS) is 16.5. The van der Waals surface area contributed by atoms with E-state index in [1.165, 1.54) is 42.2 Å². The van der Waals surface area contributed by atoms with Crippen LogP contribution in [0.25, 0.3) is 0 Å². The van der Waals surface area contributed by atoms with Gasteiger partial charge in [0.2, 0.25) is 11.8 Å². The van der Waals surface area contributed by atoms with Crippen molar-refractivity contribution in [3.63, 3.8) is 0 Å². The zero-order valence-corrected chi connectivity index (χ0v) is 17.2. The Bertz CT molecular complexity index is 1010. The van der Waals surface area contributed by atoms with Crippen LogP contribution in [-0.4, -0.2) is 43.4 Å². The summed E-state index contributed by atoms with van der Waals surface area (Å²) < 4.78 is 49.1. The number of aryl methyl sites for hydroxylation is 1. The molecule has 7 nitrogen and oxygen atoms in total. The van der Waals surface area contributed by atoms with Crippen LogP contribution >= 0.6 is 0 Å². The Balaban J connectivity index is 1.70. The molecule has 0 saturated carbocycles. The number of carbonyl (C=O) groups is 3. The summed E-state index contributed by atoms with van der Waals surface area (Å²) in [5.41, 5.74) is -0.508. The van der Waals surface area contributed by atoms with Crippen LogP contribution in [0.5, 0.6) is 0 Å². The van der Waals surface area contributed by atoms with Crippen molar-refractivity contribution < 1.29 is 36.7 Å². The van der Waals surface area contributed by atoms with E-state index in [4.69, 9.17) is 4.42 Å². The van der Waals surface area contributed by atoms with E-state index in [1.807, 2.05) is 0 Å². The number of halogens is 3. The third-order valence-electron chi connectivity index (χ3n) is 5.10. The molecule has 0 radical (unpaired) electrons. The molecule has 31 heavy (non-hydrogen) atoms. The van der Waals surface area contributed by atoms with Gasteiger partial charge >= 0.3 is 12.1 Å². The van der Waals surface area contributed by atoms with Crippen LogP contribution in [0.3, 0.4) is 0 Å². The van der Waals surface area contributed by atoms with Gasteiger partial charge in [0, 0.05) is 25.7 Å². The number of nitrogens with zero attached hydrogens (tertiary/aromatic N) is 2. The van der Waals surface area contributed by atoms with Gasteiger partial charge < -0.3 is 19.0 Å². The fraction of sp³-hybridized carbons (Fsp3) is 0.381. The summed E-state index contributed by atoms with van der Waals surface area (Å²) in [6.07, 6.45) is -4.64. The lowest BCUT2D eigenvalue weighted by Crippen LogP contribution is -2.34. The largest absolute Gasteiger partial charge is 0.465 e. The molecule has 0 N–H and O–H groups in total. The molecule has 0 bridgehead atoms. The van der Waals surface area contributed by atoms with Gasteiger partial charge in [0.15, 0.2) is 0 Å². The predicted octanol–water partition coefficient (Wildman–Crippen LogP) is 3.40. The number of hydrogen-bond acceptors (Lipinski definition) is 5. The minimum absolute atomic E-state index is 0.0199. The van der Waals surface area contributed by atoms with Crippen molar-refractivity contribution in [3.8, 4) is 0 Å². The molecule has 3 rings (SSSR count). The van der Waals surface area contributed by atoms with Gasteiger partial charge in [0.1, 0.15) is 17.1 Å². The molecule has 0 aliphatic carbocycles. The second kappa shape index (κ2) is 8.44. The minimum atomic E-state index is -4.53. The monoisotopic (exact) mass is 438 g/mol. The molecule has 1 fully saturated rings. The van der Waals surface area contributed by atoms with Crippen LogP contribution in [0.4, 0.5) is 18.9 Å². The van der Waals surface area contributed by atoms with Gasteiger partial charge in [-0.1, -0.05) is 6.07 Å². The number of alkyl halides is 3. The van der Waals surface area contributed by atoms with Crippen molar-refractivity contribution in [1.82, 2.24) is 4.90 Å². The summed E-state index contributed by atoms with van der Waals surface area (Å²) in [6.45, 7) is 1.64. The predicted molar refractivity (Wildman–Crippen MR) is 103 cm³/mol. The Hall–Kier alpha value is -3.30. The fourth-order valence-electron chi connectivity index (χ4n) is 3.53. The van der Waals surface area contributed by atoms with Gasteiger partial charge in [0.05, 0.1) is 25.1 Å². The number of ether oxygens (including phenoxy) is 1. The number of carbonyl (C=O) groups excluding carboxylic acids is 3. The smallest absolute Gasteiger partial charge is 0.416 e. The molecular formula is C21H21F3N2O5. The first-order chi connectivity index (χ1) is 14.5. The van der Waals surface area contributed by atoms with E-state index in [-0.39, 0.29) is 36.7 Å². The maximum absolute atomic E-state index is 13.0. The highest BCUT2D eigenvalue weighted by Crippen LogP contribution is 2.33. The van der Waals surface area contributed by atoms with E-state index < -0.39 is 29.5 Å². The number of benzene rings is 1. The lowest BCUT2D eigenvalue weighted by Gasteiger charge is -2.21. The Kier molecular flexibility index (Phi) is 6.10. The first-order valence-electron chi connectivity index (χ1n) is 9.41. The van der Waals surface area contributed by atoms with Gasteiger partial charge in [-0.2, -0.15) is 13.2 Å². The molecule has 1 aromatic carbocycles. The second-order valence-corrected chi connectivity index (χ2v) is 7.32. The molecule has 2 heterocycles. The number of amides is 2. The van der Waals surface area contributed by atoms with Crippen LogP contribution in [0.1, 0.15) is 33.9 Å². The van der Waals surface area contributed by atoms with Crippen molar-refractivity contribution in [2.45, 2.75) is 26.1 Å². The lowest BCUT2D eigenvalue weighted by molar-refractivity contribution is -0.137. The Morgan fingerprint density at radius 2 is 2.00 bits per heavy atom. The average molecular weight is 438 g/mol. The third kappa shape index (κ3) is 4.73. The summed E-state index contributed by atoms with van der Waals surface area (Å²) in [5.74, 6) is -1.31. The first kappa shape index (κ1) is 22.4. The summed E-state index contributed by atoms with van der Waals surface area (Å²) in [7, 11) is 2.77. The number of methoxy groups -OCH3 is 1. The third-order valence-corrected chi connectivity index (χ3v) is 5.10. The highest BCUT2D eigenvalue weighted by Gasteiger charge is 2.38. The van der Waals surface area contributed by atoms with E-state index >= 15 is 0 Å². The molecule has 2 amide bonds. The van der Waals surface area contributed by atoms with Crippen molar-refractivity contribution in [2.24, 2.45) is 5.92 Å². The molecule has 1 unspecified atom stereocenters. The topological polar surface area (TPSA) is 80.1 Å². The van der Waals surface area contributed by atoms with Crippen LogP contribution in [0, 0.1) is 12.8 Å². The van der Waals surface area contributed by atoms with Crippen molar-refractivity contribution in [3.05, 3.63) is 53.0 Å². The molecule has 166 valence electrons. The van der Waals surface area contributed by atoms with Crippen LogP contribution in [0.2, 0.25) is 0 Å². The summed E-state index contributed by atoms with van der Waals surface area (Å²) in [5, 5.41) is 0. The molecule has 1 aromatic heterocycles. The Labute approximate surface area is 176 Å². The van der Waals surface area contributed by atoms with Gasteiger partial charge in [-0.15, -0.1) is 0 Å². The lowest BCUT2D eigenvalue weighted by atomic mass is 10.1. The fourth-order valence-corrected chi connectivity index (χ4v) is 3.53. The molecule has 1 atom stereocenters. The maximum atomic E-state index is 13.0. The molecule has 2 aromatic rings. The summed E-state index contributed by atoms with van der Waals surface area (Å²) >= 11 is 0. The van der Waals surface area contributed by atoms with Crippen LogP contribution in [-0.2, 0) is 27.0 Å². The van der Waals surface area contributed by atoms with Gasteiger partial charge in [-0.05, 0) is 31.2 Å². The maximum Gasteiger partial charge on any atom is 0.416 e. The summed E-state index contributed by atoms with van der Waals surface area (Å²) in [4.78, 5) is 39.4. The Morgan fingerprint density at radius 3 is 2.65 bits per heavy atom. The zero-order chi connectivity index (χ0) is 22.9. The van der Waals surface area contributed by atoms with Gasteiger partial charge in [0.25, 0.3) is 0 Å². The quantitative estimate of drug-likeness (QED) is 0.669. The van der Waals surface area contributed by atoms with E-state index in [9.17, 15) is 27.6 Å². The zero-order valence-electron chi connectivity index (χ0n) is 17.2. The van der Waals surface area contributed by atoms with Gasteiger partial charge in [-0.3, -0.25) is 9.59 Å². The van der Waals surface area contributed by atoms with Crippen LogP contribution < -0.4 is 4.90 Å². The number of furan rings is 1. The number of esters is 1. The van der Waals surface area contributed by atoms with Crippen molar-refractivity contribution in [2.75, 3.05) is 25.6 Å². The highest BCUT2D eigenvalue weighted by molar-refractivity contribution is 6.00. The van der Waals surface area contributed by atoms with Gasteiger partial charge in [-0.25, -0.2) is 4.79 Å². The molecule has 1 aliphatic heterocycles. The number of hydrogen-bond donors (Lipinski definition) is 0. The highest BCUT2D eigenvalue weighted by atomic mass is 19.4. The van der Waals surface area contributed by atoms with Crippen LogP contribution in [0.15, 0.2) is 34.7 Å². The van der Waals surface area contributed by atoms with E-state index in [1.54, 1.807) is 6.92 Å². The van der Waals surface area contributed by atoms with Crippen molar-refractivity contribution in [1.29, 1.82) is 0 Å². The van der Waals surface area contributed by atoms with Crippen molar-refractivity contribution >= 4 is 23.5 Å². The SMILES string of the molecule is COC(=O)c1cc(CN(C)C(=O)C2CC(=O)N(c3cccc(C(F)(F)F)c3)C2)oc1C. The average Bonchev–Trinajstić information content (AvgIpc) is 3.28. The molecule has 0 spiro atoms. The molecule has 10 heteroatoms. The minimum Gasteiger partial charge on any atom is -0.465 e. The Morgan fingerprint density at radius 1 is 1.29 bits per heavy atom.